The minimum Gasteiger partial charge on any atom is -0.393 e. The van der Waals surface area contributed by atoms with Gasteiger partial charge < -0.3 is 35.8 Å². The van der Waals surface area contributed by atoms with Gasteiger partial charge in [0, 0.05) is 68.4 Å². The third-order valence-electron chi connectivity index (χ3n) is 9.31. The summed E-state index contributed by atoms with van der Waals surface area (Å²) in [6.07, 6.45) is 21.5. The van der Waals surface area contributed by atoms with E-state index >= 15 is 0 Å². The van der Waals surface area contributed by atoms with Crippen LogP contribution < -0.4 is 25.8 Å². The summed E-state index contributed by atoms with van der Waals surface area (Å²) >= 11 is 0. The number of hydrogen-bond donors (Lipinski definition) is 6. The first-order valence-corrected chi connectivity index (χ1v) is 22.1. The molecular formula is C44H60N6O4S2. The lowest BCUT2D eigenvalue weighted by Gasteiger charge is -2.31. The highest BCUT2D eigenvalue weighted by Gasteiger charge is 2.20. The number of hydrogen-bond acceptors (Lipinski definition) is 11. The fraction of sp³-hybridized carbons (Fsp3) is 0.409. The Labute approximate surface area is 341 Å². The second-order valence-electron chi connectivity index (χ2n) is 13.6. The molecular weight excluding hydrogens is 741 g/mol. The van der Waals surface area contributed by atoms with Gasteiger partial charge in [-0.2, -0.15) is 0 Å². The zero-order valence-corrected chi connectivity index (χ0v) is 34.3. The Bertz CT molecular complexity index is 1650. The quantitative estimate of drug-likeness (QED) is 0.0263. The second kappa shape index (κ2) is 26.0. The molecule has 2 atom stereocenters. The Morgan fingerprint density at radius 2 is 1.50 bits per heavy atom. The van der Waals surface area contributed by atoms with Crippen molar-refractivity contribution in [3.63, 3.8) is 0 Å². The molecule has 2 aliphatic rings. The highest BCUT2D eigenvalue weighted by molar-refractivity contribution is 8.76. The molecule has 0 saturated carbocycles. The van der Waals surface area contributed by atoms with E-state index in [9.17, 15) is 20.1 Å². The molecule has 1 amide bonds. The molecule has 12 heteroatoms. The maximum absolute atomic E-state index is 12.3. The molecule has 302 valence electrons. The summed E-state index contributed by atoms with van der Waals surface area (Å²) in [5.74, 6) is 1.54. The number of aliphatic hydroxyl groups is 3. The van der Waals surface area contributed by atoms with Gasteiger partial charge in [-0.15, -0.1) is 0 Å². The summed E-state index contributed by atoms with van der Waals surface area (Å²) in [6.45, 7) is 11.0. The van der Waals surface area contributed by atoms with Crippen molar-refractivity contribution >= 4 is 57.2 Å². The van der Waals surface area contributed by atoms with Crippen LogP contribution in [0.2, 0.25) is 0 Å². The normalized spacial score (nSPS) is 17.9. The molecule has 56 heavy (non-hydrogen) atoms. The summed E-state index contributed by atoms with van der Waals surface area (Å²) in [6, 6.07) is 16.8. The first-order valence-electron chi connectivity index (χ1n) is 19.6. The average Bonchev–Trinajstić information content (AvgIpc) is 3.66. The molecule has 6 N–H and O–H groups in total. The molecule has 2 aromatic carbocycles. The number of allylic oxidation sites excluding steroid dienone is 8. The van der Waals surface area contributed by atoms with Gasteiger partial charge in [0.15, 0.2) is 0 Å². The fourth-order valence-electron chi connectivity index (χ4n) is 6.04. The molecule has 10 nitrogen and oxygen atoms in total. The van der Waals surface area contributed by atoms with Crippen LogP contribution in [0, 0.1) is 0 Å². The average molecular weight is 801 g/mol. The van der Waals surface area contributed by atoms with Gasteiger partial charge in [0.2, 0.25) is 5.91 Å². The first kappa shape index (κ1) is 44.7. The molecule has 2 aromatic rings. The molecule has 0 aliphatic carbocycles. The number of aliphatic imine (C=N–C) groups is 1. The first-order chi connectivity index (χ1) is 27.3. The maximum Gasteiger partial charge on any atom is 0.239 e. The highest BCUT2D eigenvalue weighted by Crippen LogP contribution is 2.23. The molecule has 4 rings (SSSR count). The van der Waals surface area contributed by atoms with E-state index in [0.29, 0.717) is 19.6 Å². The van der Waals surface area contributed by atoms with E-state index in [4.69, 9.17) is 0 Å². The minimum atomic E-state index is -0.708. The van der Waals surface area contributed by atoms with Gasteiger partial charge in [-0.25, -0.2) is 0 Å². The van der Waals surface area contributed by atoms with Crippen LogP contribution in [0.25, 0.3) is 12.2 Å². The van der Waals surface area contributed by atoms with Crippen molar-refractivity contribution in [3.8, 4) is 0 Å². The number of benzene rings is 2. The van der Waals surface area contributed by atoms with Crippen molar-refractivity contribution in [2.45, 2.75) is 51.0 Å². The van der Waals surface area contributed by atoms with Gasteiger partial charge >= 0.3 is 0 Å². The molecule has 2 fully saturated rings. The lowest BCUT2D eigenvalue weighted by atomic mass is 10.1. The topological polar surface area (TPSA) is 133 Å². The molecule has 2 heterocycles. The number of β-amino-alcohol motifs (C(OH)–C–C–N with tert-alkyl or cyclic N) is 1. The van der Waals surface area contributed by atoms with Crippen LogP contribution in [0.1, 0.15) is 43.7 Å². The van der Waals surface area contributed by atoms with E-state index < -0.39 is 6.23 Å². The largest absolute Gasteiger partial charge is 0.393 e. The van der Waals surface area contributed by atoms with Crippen LogP contribution in [0.5, 0.6) is 0 Å². The van der Waals surface area contributed by atoms with Crippen LogP contribution >= 0.6 is 21.6 Å². The number of anilines is 2. The number of nitrogens with zero attached hydrogens (tertiary/aromatic N) is 3. The predicted molar refractivity (Wildman–Crippen MR) is 240 cm³/mol. The van der Waals surface area contributed by atoms with E-state index in [1.54, 1.807) is 40.1 Å². The van der Waals surface area contributed by atoms with Crippen molar-refractivity contribution in [3.05, 3.63) is 120 Å². The lowest BCUT2D eigenvalue weighted by Crippen LogP contribution is -2.35. The minimum absolute atomic E-state index is 0.0685. The highest BCUT2D eigenvalue weighted by atomic mass is 33.1. The van der Waals surface area contributed by atoms with Crippen molar-refractivity contribution in [1.29, 1.82) is 0 Å². The summed E-state index contributed by atoms with van der Waals surface area (Å²) in [7, 11) is 3.39. The third kappa shape index (κ3) is 17.4. The molecule has 0 bridgehead atoms. The summed E-state index contributed by atoms with van der Waals surface area (Å²) < 4.78 is 0. The zero-order valence-electron chi connectivity index (χ0n) is 32.6. The smallest absolute Gasteiger partial charge is 0.239 e. The van der Waals surface area contributed by atoms with E-state index in [1.807, 2.05) is 30.4 Å². The van der Waals surface area contributed by atoms with E-state index in [0.717, 1.165) is 84.8 Å². The van der Waals surface area contributed by atoms with Crippen molar-refractivity contribution < 1.29 is 20.1 Å². The molecule has 2 saturated heterocycles. The van der Waals surface area contributed by atoms with Crippen LogP contribution in [0.15, 0.2) is 114 Å². The van der Waals surface area contributed by atoms with Gasteiger partial charge in [0.05, 0.1) is 25.3 Å². The van der Waals surface area contributed by atoms with Crippen LogP contribution in [-0.2, 0) is 4.79 Å². The van der Waals surface area contributed by atoms with Crippen molar-refractivity contribution in [2.75, 3.05) is 73.7 Å². The number of piperidine rings is 1. The lowest BCUT2D eigenvalue weighted by molar-refractivity contribution is -0.119. The van der Waals surface area contributed by atoms with Crippen LogP contribution in [-0.4, -0.2) is 110 Å². The van der Waals surface area contributed by atoms with Crippen LogP contribution in [0.3, 0.4) is 0 Å². The van der Waals surface area contributed by atoms with Gasteiger partial charge in [0.1, 0.15) is 6.23 Å². The van der Waals surface area contributed by atoms with Gasteiger partial charge in [-0.05, 0) is 90.6 Å². The SMILES string of the molecule is C=C/C=C(\C=C/NCC(=O)NCCSSCCNC(O)C/N=C/C=C(/C=C/c1ccc(N2CCC(O)C2)cc1)CC)/C=C/c1ccc(N2CCC(O)CC2)cc1. The summed E-state index contributed by atoms with van der Waals surface area (Å²) in [5.41, 5.74) is 6.62. The maximum atomic E-state index is 12.3. The second-order valence-corrected chi connectivity index (χ2v) is 16.3. The number of carbonyl (C=O) groups is 1. The molecule has 0 aromatic heterocycles. The number of amides is 1. The summed E-state index contributed by atoms with van der Waals surface area (Å²) in [4.78, 5) is 21.1. The Kier molecular flexibility index (Phi) is 20.7. The van der Waals surface area contributed by atoms with Crippen molar-refractivity contribution in [1.82, 2.24) is 16.0 Å². The Morgan fingerprint density at radius 1 is 0.875 bits per heavy atom. The number of aliphatic hydroxyl groups excluding tert-OH is 3. The third-order valence-corrected chi connectivity index (χ3v) is 11.7. The molecule has 2 unspecified atom stereocenters. The molecule has 2 aliphatic heterocycles. The zero-order chi connectivity index (χ0) is 39.8. The van der Waals surface area contributed by atoms with Gasteiger partial charge in [-0.1, -0.05) is 95.8 Å². The van der Waals surface area contributed by atoms with Gasteiger partial charge in [-0.3, -0.25) is 15.1 Å². The Hall–Kier alpha value is -4.04. The number of carbonyl (C=O) groups excluding carboxylic acids is 1. The van der Waals surface area contributed by atoms with Crippen molar-refractivity contribution in [2.24, 2.45) is 4.99 Å². The molecule has 0 spiro atoms. The fourth-order valence-corrected chi connectivity index (χ4v) is 7.87. The Balaban J connectivity index is 1.00. The number of nitrogens with one attached hydrogen (secondary N) is 3. The Morgan fingerprint density at radius 3 is 2.14 bits per heavy atom. The van der Waals surface area contributed by atoms with E-state index in [1.165, 1.54) is 5.69 Å². The van der Waals surface area contributed by atoms with E-state index in [-0.39, 0.29) is 31.2 Å². The monoisotopic (exact) mass is 800 g/mol. The van der Waals surface area contributed by atoms with Gasteiger partial charge in [0.25, 0.3) is 0 Å². The molecule has 0 radical (unpaired) electrons. The number of rotatable bonds is 23. The van der Waals surface area contributed by atoms with E-state index in [2.05, 4.69) is 105 Å². The predicted octanol–water partition coefficient (Wildman–Crippen LogP) is 5.97. The van der Waals surface area contributed by atoms with Crippen LogP contribution in [0.4, 0.5) is 11.4 Å². The summed E-state index contributed by atoms with van der Waals surface area (Å²) in [5, 5.41) is 38.9. The standard InChI is InChI=1S/C44H60N6O4S2/c1-3-5-36(8-9-38-10-14-39(15-11-38)49-27-20-41(51)21-28-49)19-24-46-33-44(54)48-26-31-56-55-30-25-47-43(53)32-45-23-18-35(4-2)6-7-37-12-16-40(17-13-37)50-29-22-42(52)34-50/h3,5-19,23-24,41-43,46-47,51-53H,1,4,20-22,25-34H2,2H3,(H,48,54)/b7-6+,9-8+,24-19-,35-18+,36-5-,45-23+.